The molecule has 156 valence electrons. The van der Waals surface area contributed by atoms with Crippen molar-refractivity contribution in [2.45, 2.75) is 0 Å². The Morgan fingerprint density at radius 2 is 1.59 bits per heavy atom. The van der Waals surface area contributed by atoms with Crippen molar-refractivity contribution in [2.75, 3.05) is 11.4 Å². The van der Waals surface area contributed by atoms with Crippen LogP contribution in [0.3, 0.4) is 0 Å². The lowest BCUT2D eigenvalue weighted by Gasteiger charge is -2.16. The summed E-state index contributed by atoms with van der Waals surface area (Å²) in [4.78, 5) is 26.7. The van der Waals surface area contributed by atoms with E-state index in [2.05, 4.69) is 10.5 Å². The van der Waals surface area contributed by atoms with Crippen molar-refractivity contribution in [3.63, 3.8) is 0 Å². The number of nitrogens with one attached hydrogen (secondary N) is 1. The fourth-order valence-electron chi connectivity index (χ4n) is 3.74. The molecular formula is C26H19N3O3. The Morgan fingerprint density at radius 1 is 0.875 bits per heavy atom. The van der Waals surface area contributed by atoms with Crippen LogP contribution in [0.2, 0.25) is 0 Å². The summed E-state index contributed by atoms with van der Waals surface area (Å²) >= 11 is 0. The van der Waals surface area contributed by atoms with Crippen LogP contribution < -0.4 is 15.1 Å². The van der Waals surface area contributed by atoms with Crippen molar-refractivity contribution in [2.24, 2.45) is 5.10 Å². The molecule has 5 rings (SSSR count). The van der Waals surface area contributed by atoms with Crippen molar-refractivity contribution in [1.82, 2.24) is 5.43 Å². The predicted molar refractivity (Wildman–Crippen MR) is 124 cm³/mol. The van der Waals surface area contributed by atoms with Gasteiger partial charge in [0, 0.05) is 10.9 Å². The molecule has 1 aliphatic rings. The number of nitrogens with zero attached hydrogens (tertiary/aromatic N) is 2. The second kappa shape index (κ2) is 8.35. The van der Waals surface area contributed by atoms with Gasteiger partial charge in [0.05, 0.1) is 11.9 Å². The van der Waals surface area contributed by atoms with Gasteiger partial charge < -0.3 is 4.74 Å². The SMILES string of the molecule is O=C(CN1C(=O)c2cccc3cccc1c23)N/N=C/c1ccc(Oc2ccccc2)cc1. The lowest BCUT2D eigenvalue weighted by Crippen LogP contribution is -2.37. The normalized spacial score (nSPS) is 12.5. The first-order chi connectivity index (χ1) is 15.7. The summed E-state index contributed by atoms with van der Waals surface area (Å²) < 4.78 is 5.76. The molecule has 0 aliphatic carbocycles. The Hall–Kier alpha value is -4.45. The highest BCUT2D eigenvalue weighted by Crippen LogP contribution is 2.36. The van der Waals surface area contributed by atoms with Crippen molar-refractivity contribution in [1.29, 1.82) is 0 Å². The van der Waals surface area contributed by atoms with Gasteiger partial charge in [-0.3, -0.25) is 14.5 Å². The van der Waals surface area contributed by atoms with Crippen molar-refractivity contribution in [3.05, 3.63) is 102 Å². The van der Waals surface area contributed by atoms with Crippen LogP contribution in [0.25, 0.3) is 10.8 Å². The number of carbonyl (C=O) groups is 2. The molecule has 1 N–H and O–H groups in total. The molecule has 0 radical (unpaired) electrons. The van der Waals surface area contributed by atoms with Gasteiger partial charge in [-0.15, -0.1) is 0 Å². The number of rotatable bonds is 6. The molecule has 0 bridgehead atoms. The van der Waals surface area contributed by atoms with E-state index in [0.29, 0.717) is 11.3 Å². The Labute approximate surface area is 184 Å². The predicted octanol–water partition coefficient (Wildman–Crippen LogP) is 4.74. The average molecular weight is 421 g/mol. The van der Waals surface area contributed by atoms with Gasteiger partial charge >= 0.3 is 0 Å². The number of anilines is 1. The summed E-state index contributed by atoms with van der Waals surface area (Å²) in [7, 11) is 0. The number of carbonyl (C=O) groups excluding carboxylic acids is 2. The number of para-hydroxylation sites is 1. The van der Waals surface area contributed by atoms with Crippen molar-refractivity contribution < 1.29 is 14.3 Å². The quantitative estimate of drug-likeness (QED) is 0.361. The number of benzene rings is 4. The average Bonchev–Trinajstić information content (AvgIpc) is 3.09. The minimum atomic E-state index is -0.372. The molecule has 6 nitrogen and oxygen atoms in total. The van der Waals surface area contributed by atoms with Gasteiger partial charge in [0.2, 0.25) is 0 Å². The van der Waals surface area contributed by atoms with E-state index in [-0.39, 0.29) is 18.4 Å². The minimum absolute atomic E-state index is 0.103. The lowest BCUT2D eigenvalue weighted by molar-refractivity contribution is -0.119. The van der Waals surface area contributed by atoms with Crippen LogP contribution >= 0.6 is 0 Å². The zero-order valence-corrected chi connectivity index (χ0v) is 17.1. The second-order valence-corrected chi connectivity index (χ2v) is 7.35. The molecular weight excluding hydrogens is 402 g/mol. The maximum Gasteiger partial charge on any atom is 0.260 e. The van der Waals surface area contributed by atoms with Crippen LogP contribution in [0, 0.1) is 0 Å². The van der Waals surface area contributed by atoms with Crippen molar-refractivity contribution >= 4 is 34.5 Å². The van der Waals surface area contributed by atoms with E-state index in [1.807, 2.05) is 84.9 Å². The number of ether oxygens (including phenoxy) is 1. The third kappa shape index (κ3) is 3.81. The van der Waals surface area contributed by atoms with Crippen LogP contribution in [-0.2, 0) is 4.79 Å². The fourth-order valence-corrected chi connectivity index (χ4v) is 3.74. The molecule has 0 saturated carbocycles. The van der Waals surface area contributed by atoms with Crippen LogP contribution in [-0.4, -0.2) is 24.6 Å². The monoisotopic (exact) mass is 421 g/mol. The first-order valence-corrected chi connectivity index (χ1v) is 10.2. The van der Waals surface area contributed by atoms with Crippen LogP contribution in [0.4, 0.5) is 5.69 Å². The molecule has 0 atom stereocenters. The Morgan fingerprint density at radius 3 is 2.38 bits per heavy atom. The van der Waals surface area contributed by atoms with Crippen LogP contribution in [0.15, 0.2) is 96.1 Å². The van der Waals surface area contributed by atoms with E-state index in [1.165, 1.54) is 4.90 Å². The van der Waals surface area contributed by atoms with Crippen LogP contribution in [0.5, 0.6) is 11.5 Å². The highest BCUT2D eigenvalue weighted by molar-refractivity contribution is 6.26. The van der Waals surface area contributed by atoms with E-state index in [4.69, 9.17) is 4.74 Å². The van der Waals surface area contributed by atoms with Gasteiger partial charge in [-0.2, -0.15) is 5.10 Å². The molecule has 32 heavy (non-hydrogen) atoms. The highest BCUT2D eigenvalue weighted by Gasteiger charge is 2.30. The summed E-state index contributed by atoms with van der Waals surface area (Å²) in [5.74, 6) is 0.919. The largest absolute Gasteiger partial charge is 0.457 e. The maximum atomic E-state index is 12.8. The topological polar surface area (TPSA) is 71.0 Å². The molecule has 4 aromatic rings. The first-order valence-electron chi connectivity index (χ1n) is 10.2. The molecule has 6 heteroatoms. The van der Waals surface area contributed by atoms with E-state index < -0.39 is 0 Å². The summed E-state index contributed by atoms with van der Waals surface area (Å²) in [6.45, 7) is -0.103. The third-order valence-electron chi connectivity index (χ3n) is 5.21. The molecule has 4 aromatic carbocycles. The van der Waals surface area contributed by atoms with E-state index in [0.717, 1.165) is 27.8 Å². The van der Waals surface area contributed by atoms with Gasteiger partial charge in [-0.1, -0.05) is 42.5 Å². The molecule has 0 unspecified atom stereocenters. The molecule has 1 aliphatic heterocycles. The summed E-state index contributed by atoms with van der Waals surface area (Å²) in [6, 6.07) is 28.2. The minimum Gasteiger partial charge on any atom is -0.457 e. The molecule has 0 saturated heterocycles. The van der Waals surface area contributed by atoms with Gasteiger partial charge in [0.1, 0.15) is 18.0 Å². The molecule has 2 amide bonds. The lowest BCUT2D eigenvalue weighted by atomic mass is 10.1. The zero-order valence-electron chi connectivity index (χ0n) is 17.1. The number of hydrogen-bond donors (Lipinski definition) is 1. The van der Waals surface area contributed by atoms with E-state index >= 15 is 0 Å². The smallest absolute Gasteiger partial charge is 0.260 e. The van der Waals surface area contributed by atoms with Crippen LogP contribution in [0.1, 0.15) is 15.9 Å². The van der Waals surface area contributed by atoms with Gasteiger partial charge in [0.15, 0.2) is 0 Å². The highest BCUT2D eigenvalue weighted by atomic mass is 16.5. The summed E-state index contributed by atoms with van der Waals surface area (Å²) in [5, 5.41) is 5.88. The number of amides is 2. The first kappa shape index (κ1) is 19.5. The standard InChI is InChI=1S/C26H19N3O3/c30-24(17-29-23-11-5-7-19-6-4-10-22(25(19)23)26(29)31)28-27-16-18-12-14-21(15-13-18)32-20-8-2-1-3-9-20/h1-16H,17H2,(H,28,30)/b27-16+. The molecule has 0 fully saturated rings. The zero-order chi connectivity index (χ0) is 21.9. The molecule has 0 spiro atoms. The van der Waals surface area contributed by atoms with Gasteiger partial charge in [-0.25, -0.2) is 5.43 Å². The molecule has 0 aromatic heterocycles. The van der Waals surface area contributed by atoms with Gasteiger partial charge in [0.25, 0.3) is 11.8 Å². The summed E-state index contributed by atoms with van der Waals surface area (Å²) in [6.07, 6.45) is 1.55. The number of hydrazone groups is 1. The van der Waals surface area contributed by atoms with E-state index in [1.54, 1.807) is 12.3 Å². The number of hydrogen-bond acceptors (Lipinski definition) is 4. The Bertz CT molecular complexity index is 1330. The van der Waals surface area contributed by atoms with Gasteiger partial charge in [-0.05, 0) is 59.5 Å². The Kier molecular flexibility index (Phi) is 5.09. The maximum absolute atomic E-state index is 12.8. The van der Waals surface area contributed by atoms with Crippen molar-refractivity contribution in [3.8, 4) is 11.5 Å². The fraction of sp³-hybridized carbons (Fsp3) is 0.0385. The molecule has 1 heterocycles. The Balaban J connectivity index is 1.20. The second-order valence-electron chi connectivity index (χ2n) is 7.35. The summed E-state index contributed by atoms with van der Waals surface area (Å²) in [5.41, 5.74) is 4.67. The van der Waals surface area contributed by atoms with E-state index in [9.17, 15) is 9.59 Å². The third-order valence-corrected chi connectivity index (χ3v) is 5.21.